The lowest BCUT2D eigenvalue weighted by Gasteiger charge is -2.21. The summed E-state index contributed by atoms with van der Waals surface area (Å²) in [5, 5.41) is 6.46. The molecule has 1 unspecified atom stereocenters. The summed E-state index contributed by atoms with van der Waals surface area (Å²) in [6, 6.07) is 20.9. The van der Waals surface area contributed by atoms with Gasteiger partial charge in [-0.2, -0.15) is 0 Å². The highest BCUT2D eigenvalue weighted by atomic mass is 16.5. The van der Waals surface area contributed by atoms with E-state index in [4.69, 9.17) is 9.47 Å². The molecule has 0 aromatic heterocycles. The van der Waals surface area contributed by atoms with E-state index in [-0.39, 0.29) is 5.91 Å². The molecule has 3 aromatic carbocycles. The first-order chi connectivity index (χ1) is 14.6. The molecule has 5 nitrogen and oxygen atoms in total. The summed E-state index contributed by atoms with van der Waals surface area (Å²) in [5.74, 6) is 1.30. The van der Waals surface area contributed by atoms with Crippen molar-refractivity contribution < 1.29 is 14.3 Å². The van der Waals surface area contributed by atoms with Gasteiger partial charge in [-0.05, 0) is 48.7 Å². The smallest absolute Gasteiger partial charge is 0.251 e. The molecule has 5 heteroatoms. The molecule has 1 heterocycles. The molecule has 0 spiro atoms. The lowest BCUT2D eigenvalue weighted by molar-refractivity contribution is -0.117. The maximum absolute atomic E-state index is 13.3. The van der Waals surface area contributed by atoms with Crippen LogP contribution in [0.3, 0.4) is 0 Å². The van der Waals surface area contributed by atoms with Crippen molar-refractivity contribution >= 4 is 17.3 Å². The molecule has 1 aliphatic rings. The standard InChI is InChI=1S/C25H26N2O3/c1-17-9-10-18(2)21(15-17)27-25(28)24(19-7-4-3-5-8-19)26-20-11-12-22-23(16-20)30-14-6-13-29-22/h3-5,7-12,15-16,24,26H,6,13-14H2,1-2H3,(H,27,28). The van der Waals surface area contributed by atoms with Crippen LogP contribution in [0.2, 0.25) is 0 Å². The molecule has 1 atom stereocenters. The molecule has 0 radical (unpaired) electrons. The van der Waals surface area contributed by atoms with Crippen LogP contribution in [0.15, 0.2) is 66.7 Å². The number of hydrogen-bond donors (Lipinski definition) is 2. The van der Waals surface area contributed by atoms with Crippen LogP contribution in [0.1, 0.15) is 29.2 Å². The van der Waals surface area contributed by atoms with Crippen LogP contribution in [0.5, 0.6) is 11.5 Å². The predicted octanol–water partition coefficient (Wildman–Crippen LogP) is 5.26. The number of aryl methyl sites for hydroxylation is 2. The molecule has 30 heavy (non-hydrogen) atoms. The van der Waals surface area contributed by atoms with Crippen molar-refractivity contribution in [2.24, 2.45) is 0 Å². The fraction of sp³-hybridized carbons (Fsp3) is 0.240. The minimum Gasteiger partial charge on any atom is -0.490 e. The molecule has 0 saturated carbocycles. The lowest BCUT2D eigenvalue weighted by atomic mass is 10.0. The van der Waals surface area contributed by atoms with Crippen molar-refractivity contribution in [2.45, 2.75) is 26.3 Å². The van der Waals surface area contributed by atoms with Crippen LogP contribution < -0.4 is 20.1 Å². The number of ether oxygens (including phenoxy) is 2. The van der Waals surface area contributed by atoms with Crippen LogP contribution in [0.25, 0.3) is 0 Å². The Morgan fingerprint density at radius 3 is 2.47 bits per heavy atom. The number of rotatable bonds is 5. The van der Waals surface area contributed by atoms with Gasteiger partial charge in [0, 0.05) is 23.9 Å². The number of fused-ring (bicyclic) bond motifs is 1. The second-order valence-electron chi connectivity index (χ2n) is 7.51. The Hall–Kier alpha value is -3.47. The Morgan fingerprint density at radius 1 is 0.900 bits per heavy atom. The highest BCUT2D eigenvalue weighted by Crippen LogP contribution is 2.34. The van der Waals surface area contributed by atoms with Crippen LogP contribution in [0.4, 0.5) is 11.4 Å². The van der Waals surface area contributed by atoms with E-state index in [2.05, 4.69) is 10.6 Å². The van der Waals surface area contributed by atoms with E-state index in [0.717, 1.165) is 40.2 Å². The van der Waals surface area contributed by atoms with Crippen LogP contribution >= 0.6 is 0 Å². The first-order valence-electron chi connectivity index (χ1n) is 10.2. The summed E-state index contributed by atoms with van der Waals surface area (Å²) < 4.78 is 11.5. The van der Waals surface area contributed by atoms with E-state index in [1.165, 1.54) is 0 Å². The van der Waals surface area contributed by atoms with E-state index in [1.54, 1.807) is 0 Å². The van der Waals surface area contributed by atoms with Crippen LogP contribution in [-0.4, -0.2) is 19.1 Å². The topological polar surface area (TPSA) is 59.6 Å². The number of carbonyl (C=O) groups excluding carboxylic acids is 1. The van der Waals surface area contributed by atoms with Crippen molar-refractivity contribution in [1.82, 2.24) is 0 Å². The van der Waals surface area contributed by atoms with Crippen LogP contribution in [-0.2, 0) is 4.79 Å². The van der Waals surface area contributed by atoms with Gasteiger partial charge in [0.05, 0.1) is 13.2 Å². The normalized spacial score (nSPS) is 13.8. The fourth-order valence-electron chi connectivity index (χ4n) is 3.44. The first-order valence-corrected chi connectivity index (χ1v) is 10.2. The monoisotopic (exact) mass is 402 g/mol. The van der Waals surface area contributed by atoms with Crippen molar-refractivity contribution in [3.8, 4) is 11.5 Å². The molecule has 1 aliphatic heterocycles. The third-order valence-electron chi connectivity index (χ3n) is 5.10. The van der Waals surface area contributed by atoms with E-state index in [1.807, 2.05) is 80.6 Å². The van der Waals surface area contributed by atoms with Gasteiger partial charge in [0.25, 0.3) is 5.91 Å². The molecular formula is C25H26N2O3. The Kier molecular flexibility index (Phi) is 5.89. The van der Waals surface area contributed by atoms with Gasteiger partial charge < -0.3 is 20.1 Å². The van der Waals surface area contributed by atoms with Crippen molar-refractivity contribution in [1.29, 1.82) is 0 Å². The maximum Gasteiger partial charge on any atom is 0.251 e. The van der Waals surface area contributed by atoms with Gasteiger partial charge in [0.1, 0.15) is 6.04 Å². The van der Waals surface area contributed by atoms with Gasteiger partial charge in [0.2, 0.25) is 0 Å². The van der Waals surface area contributed by atoms with Crippen molar-refractivity contribution in [2.75, 3.05) is 23.8 Å². The Balaban J connectivity index is 1.61. The summed E-state index contributed by atoms with van der Waals surface area (Å²) in [6.07, 6.45) is 0.850. The van der Waals surface area contributed by atoms with E-state index in [0.29, 0.717) is 19.0 Å². The zero-order valence-electron chi connectivity index (χ0n) is 17.3. The highest BCUT2D eigenvalue weighted by molar-refractivity contribution is 5.98. The van der Waals surface area contributed by atoms with Gasteiger partial charge in [-0.1, -0.05) is 42.5 Å². The molecular weight excluding hydrogens is 376 g/mol. The molecule has 0 saturated heterocycles. The summed E-state index contributed by atoms with van der Waals surface area (Å²) in [7, 11) is 0. The number of hydrogen-bond acceptors (Lipinski definition) is 4. The van der Waals surface area contributed by atoms with Crippen molar-refractivity contribution in [3.05, 3.63) is 83.4 Å². The molecule has 1 amide bonds. The average Bonchev–Trinajstić information content (AvgIpc) is 3.00. The quantitative estimate of drug-likeness (QED) is 0.611. The third kappa shape index (κ3) is 4.57. The molecule has 2 N–H and O–H groups in total. The Bertz CT molecular complexity index is 1030. The summed E-state index contributed by atoms with van der Waals surface area (Å²) >= 11 is 0. The fourth-order valence-corrected chi connectivity index (χ4v) is 3.44. The Labute approximate surface area is 177 Å². The number of nitrogens with one attached hydrogen (secondary N) is 2. The zero-order chi connectivity index (χ0) is 20.9. The predicted molar refractivity (Wildman–Crippen MR) is 119 cm³/mol. The molecule has 154 valence electrons. The van der Waals surface area contributed by atoms with Crippen molar-refractivity contribution in [3.63, 3.8) is 0 Å². The molecule has 0 bridgehead atoms. The summed E-state index contributed by atoms with van der Waals surface area (Å²) in [6.45, 7) is 5.26. The minimum atomic E-state index is -0.559. The third-order valence-corrected chi connectivity index (χ3v) is 5.10. The second kappa shape index (κ2) is 8.91. The number of benzene rings is 3. The zero-order valence-corrected chi connectivity index (χ0v) is 17.3. The second-order valence-corrected chi connectivity index (χ2v) is 7.51. The van der Waals surface area contributed by atoms with E-state index < -0.39 is 6.04 Å². The maximum atomic E-state index is 13.3. The van der Waals surface area contributed by atoms with Crippen LogP contribution in [0, 0.1) is 13.8 Å². The van der Waals surface area contributed by atoms with E-state index >= 15 is 0 Å². The summed E-state index contributed by atoms with van der Waals surface area (Å²) in [5.41, 5.74) is 4.62. The first kappa shape index (κ1) is 19.8. The molecule has 0 fully saturated rings. The molecule has 0 aliphatic carbocycles. The molecule has 3 aromatic rings. The summed E-state index contributed by atoms with van der Waals surface area (Å²) in [4.78, 5) is 13.3. The van der Waals surface area contributed by atoms with E-state index in [9.17, 15) is 4.79 Å². The average molecular weight is 402 g/mol. The van der Waals surface area contributed by atoms with Gasteiger partial charge in [-0.3, -0.25) is 4.79 Å². The largest absolute Gasteiger partial charge is 0.490 e. The number of amides is 1. The minimum absolute atomic E-state index is 0.123. The Morgan fingerprint density at radius 2 is 1.67 bits per heavy atom. The van der Waals surface area contributed by atoms with Gasteiger partial charge >= 0.3 is 0 Å². The van der Waals surface area contributed by atoms with Gasteiger partial charge in [0.15, 0.2) is 11.5 Å². The number of anilines is 2. The lowest BCUT2D eigenvalue weighted by Crippen LogP contribution is -2.27. The number of carbonyl (C=O) groups is 1. The van der Waals surface area contributed by atoms with Gasteiger partial charge in [-0.15, -0.1) is 0 Å². The SMILES string of the molecule is Cc1ccc(C)c(NC(=O)C(Nc2ccc3c(c2)OCCCO3)c2ccccc2)c1. The molecule has 4 rings (SSSR count). The highest BCUT2D eigenvalue weighted by Gasteiger charge is 2.22. The van der Waals surface area contributed by atoms with Gasteiger partial charge in [-0.25, -0.2) is 0 Å².